The monoisotopic (exact) mass is 299 g/mol. The number of carbonyl (C=O) groups excluding carboxylic acids is 1. The van der Waals surface area contributed by atoms with Crippen molar-refractivity contribution in [2.75, 3.05) is 6.54 Å². The zero-order chi connectivity index (χ0) is 15.5. The van der Waals surface area contributed by atoms with Crippen LogP contribution in [-0.2, 0) is 16.0 Å². The van der Waals surface area contributed by atoms with Crippen molar-refractivity contribution >= 4 is 11.9 Å². The Labute approximate surface area is 130 Å². The molecule has 3 rings (SSSR count). The van der Waals surface area contributed by atoms with Gasteiger partial charge in [0.05, 0.1) is 11.8 Å². The lowest BCUT2D eigenvalue weighted by molar-refractivity contribution is -0.147. The number of carboxylic acids is 1. The van der Waals surface area contributed by atoms with Crippen LogP contribution in [0.25, 0.3) is 0 Å². The predicted octanol–water partition coefficient (Wildman–Crippen LogP) is 2.26. The van der Waals surface area contributed by atoms with Gasteiger partial charge in [0.25, 0.3) is 0 Å². The van der Waals surface area contributed by atoms with Gasteiger partial charge < -0.3 is 10.4 Å². The Morgan fingerprint density at radius 3 is 2.45 bits per heavy atom. The number of carboxylic acid groups (broad SMARTS) is 1. The number of amides is 1. The van der Waals surface area contributed by atoms with E-state index in [1.807, 2.05) is 30.4 Å². The molecule has 4 heteroatoms. The molecule has 2 aliphatic rings. The maximum absolute atomic E-state index is 12.4. The third-order valence-electron chi connectivity index (χ3n) is 4.83. The highest BCUT2D eigenvalue weighted by Crippen LogP contribution is 2.48. The standard InChI is InChI=1S/C18H21NO3/c20-17(19-10-4-7-12-5-2-1-3-6-12)15-13-8-9-14(11-13)16(15)18(21)22/h1-3,5-6,8-9,13-16H,4,7,10-11H2,(H,19,20)(H,21,22)/t13-,14-,15-,16+/m0/s1. The highest BCUT2D eigenvalue weighted by molar-refractivity contribution is 5.86. The van der Waals surface area contributed by atoms with E-state index >= 15 is 0 Å². The lowest BCUT2D eigenvalue weighted by Crippen LogP contribution is -2.40. The van der Waals surface area contributed by atoms with Crippen LogP contribution in [0.5, 0.6) is 0 Å². The molecule has 4 nitrogen and oxygen atoms in total. The summed E-state index contributed by atoms with van der Waals surface area (Å²) in [6.07, 6.45) is 6.56. The molecule has 22 heavy (non-hydrogen) atoms. The van der Waals surface area contributed by atoms with Crippen molar-refractivity contribution < 1.29 is 14.7 Å². The molecule has 1 saturated carbocycles. The van der Waals surface area contributed by atoms with E-state index in [0.717, 1.165) is 19.3 Å². The van der Waals surface area contributed by atoms with Crippen molar-refractivity contribution in [2.45, 2.75) is 19.3 Å². The average Bonchev–Trinajstić information content (AvgIpc) is 3.13. The normalized spacial score (nSPS) is 28.7. The zero-order valence-corrected chi connectivity index (χ0v) is 12.4. The minimum absolute atomic E-state index is 0.0302. The molecular weight excluding hydrogens is 278 g/mol. The maximum atomic E-state index is 12.4. The Balaban J connectivity index is 1.50. The first-order chi connectivity index (χ1) is 10.7. The Morgan fingerprint density at radius 1 is 1.09 bits per heavy atom. The topological polar surface area (TPSA) is 66.4 Å². The van der Waals surface area contributed by atoms with E-state index in [1.165, 1.54) is 5.56 Å². The maximum Gasteiger partial charge on any atom is 0.307 e. The van der Waals surface area contributed by atoms with Crippen LogP contribution in [0, 0.1) is 23.7 Å². The molecule has 0 aromatic heterocycles. The Morgan fingerprint density at radius 2 is 1.77 bits per heavy atom. The summed E-state index contributed by atoms with van der Waals surface area (Å²) >= 11 is 0. The number of carbonyl (C=O) groups is 2. The summed E-state index contributed by atoms with van der Waals surface area (Å²) in [5.74, 6) is -1.77. The van der Waals surface area contributed by atoms with Crippen molar-refractivity contribution in [3.05, 3.63) is 48.0 Å². The van der Waals surface area contributed by atoms with Crippen LogP contribution in [0.15, 0.2) is 42.5 Å². The summed E-state index contributed by atoms with van der Waals surface area (Å²) in [5.41, 5.74) is 1.25. The van der Waals surface area contributed by atoms with Gasteiger partial charge in [-0.2, -0.15) is 0 Å². The predicted molar refractivity (Wildman–Crippen MR) is 83.1 cm³/mol. The van der Waals surface area contributed by atoms with Gasteiger partial charge in [0.2, 0.25) is 5.91 Å². The molecule has 0 unspecified atom stereocenters. The Bertz CT molecular complexity index is 581. The molecule has 0 aliphatic heterocycles. The molecule has 0 saturated heterocycles. The van der Waals surface area contributed by atoms with Crippen molar-refractivity contribution in [3.63, 3.8) is 0 Å². The van der Waals surface area contributed by atoms with Gasteiger partial charge in [0, 0.05) is 6.54 Å². The van der Waals surface area contributed by atoms with E-state index < -0.39 is 17.8 Å². The van der Waals surface area contributed by atoms with Crippen molar-refractivity contribution in [1.29, 1.82) is 0 Å². The second-order valence-electron chi connectivity index (χ2n) is 6.22. The van der Waals surface area contributed by atoms with Crippen LogP contribution in [0.3, 0.4) is 0 Å². The fourth-order valence-corrected chi connectivity index (χ4v) is 3.78. The van der Waals surface area contributed by atoms with E-state index in [9.17, 15) is 14.7 Å². The van der Waals surface area contributed by atoms with E-state index in [-0.39, 0.29) is 17.7 Å². The zero-order valence-electron chi connectivity index (χ0n) is 12.4. The molecule has 116 valence electrons. The van der Waals surface area contributed by atoms with Crippen LogP contribution >= 0.6 is 0 Å². The lowest BCUT2D eigenvalue weighted by atomic mass is 9.82. The van der Waals surface area contributed by atoms with Gasteiger partial charge in [0.1, 0.15) is 0 Å². The van der Waals surface area contributed by atoms with E-state index in [0.29, 0.717) is 6.54 Å². The molecule has 1 aromatic carbocycles. The minimum Gasteiger partial charge on any atom is -0.481 e. The van der Waals surface area contributed by atoms with Crippen molar-refractivity contribution in [3.8, 4) is 0 Å². The SMILES string of the molecule is O=C(NCCCc1ccccc1)[C@@H]1[C@H](C(=O)O)[C@H]2C=C[C@H]1C2. The van der Waals surface area contributed by atoms with Crippen LogP contribution in [0.4, 0.5) is 0 Å². The summed E-state index contributed by atoms with van der Waals surface area (Å²) in [4.78, 5) is 23.8. The second-order valence-corrected chi connectivity index (χ2v) is 6.22. The first kappa shape index (κ1) is 14.8. The first-order valence-electron chi connectivity index (χ1n) is 7.89. The first-order valence-corrected chi connectivity index (χ1v) is 7.89. The van der Waals surface area contributed by atoms with E-state index in [2.05, 4.69) is 17.4 Å². The molecule has 1 fully saturated rings. The van der Waals surface area contributed by atoms with Gasteiger partial charge in [-0.15, -0.1) is 0 Å². The largest absolute Gasteiger partial charge is 0.481 e. The number of nitrogens with one attached hydrogen (secondary N) is 1. The second kappa shape index (κ2) is 6.34. The number of aryl methyl sites for hydroxylation is 1. The van der Waals surface area contributed by atoms with Crippen LogP contribution < -0.4 is 5.32 Å². The summed E-state index contributed by atoms with van der Waals surface area (Å²) in [6, 6.07) is 10.1. The summed E-state index contributed by atoms with van der Waals surface area (Å²) in [6.45, 7) is 0.595. The molecule has 1 aromatic rings. The highest BCUT2D eigenvalue weighted by Gasteiger charge is 2.51. The molecule has 0 heterocycles. The van der Waals surface area contributed by atoms with Gasteiger partial charge in [-0.1, -0.05) is 42.5 Å². The van der Waals surface area contributed by atoms with Crippen molar-refractivity contribution in [1.82, 2.24) is 5.32 Å². The van der Waals surface area contributed by atoms with Crippen LogP contribution in [0.1, 0.15) is 18.4 Å². The Kier molecular flexibility index (Phi) is 4.27. The quantitative estimate of drug-likeness (QED) is 0.625. The number of hydrogen-bond donors (Lipinski definition) is 2. The smallest absolute Gasteiger partial charge is 0.307 e. The molecular formula is C18H21NO3. The number of rotatable bonds is 6. The van der Waals surface area contributed by atoms with Gasteiger partial charge in [-0.05, 0) is 36.7 Å². The van der Waals surface area contributed by atoms with Gasteiger partial charge in [0.15, 0.2) is 0 Å². The summed E-state index contributed by atoms with van der Waals surface area (Å²) < 4.78 is 0. The third kappa shape index (κ3) is 2.91. The fourth-order valence-electron chi connectivity index (χ4n) is 3.78. The molecule has 2 N–H and O–H groups in total. The number of fused-ring (bicyclic) bond motifs is 2. The minimum atomic E-state index is -0.846. The van der Waals surface area contributed by atoms with E-state index in [4.69, 9.17) is 0 Å². The van der Waals surface area contributed by atoms with Gasteiger partial charge in [-0.25, -0.2) is 0 Å². The number of allylic oxidation sites excluding steroid dienone is 2. The van der Waals surface area contributed by atoms with Crippen LogP contribution in [0.2, 0.25) is 0 Å². The molecule has 1 amide bonds. The average molecular weight is 299 g/mol. The van der Waals surface area contributed by atoms with E-state index in [1.54, 1.807) is 0 Å². The molecule has 0 spiro atoms. The van der Waals surface area contributed by atoms with Crippen LogP contribution in [-0.4, -0.2) is 23.5 Å². The van der Waals surface area contributed by atoms with Gasteiger partial charge >= 0.3 is 5.97 Å². The van der Waals surface area contributed by atoms with Gasteiger partial charge in [-0.3, -0.25) is 9.59 Å². The number of hydrogen-bond acceptors (Lipinski definition) is 2. The molecule has 2 aliphatic carbocycles. The lowest BCUT2D eigenvalue weighted by Gasteiger charge is -2.23. The summed E-state index contributed by atoms with van der Waals surface area (Å²) in [5, 5.41) is 12.3. The summed E-state index contributed by atoms with van der Waals surface area (Å²) in [7, 11) is 0. The number of benzene rings is 1. The molecule has 2 bridgehead atoms. The van der Waals surface area contributed by atoms with Crippen molar-refractivity contribution in [2.24, 2.45) is 23.7 Å². The third-order valence-corrected chi connectivity index (χ3v) is 4.83. The number of aliphatic carboxylic acids is 1. The molecule has 4 atom stereocenters. The molecule has 0 radical (unpaired) electrons. The fraction of sp³-hybridized carbons (Fsp3) is 0.444. The Hall–Kier alpha value is -2.10. The highest BCUT2D eigenvalue weighted by atomic mass is 16.4.